The Morgan fingerprint density at radius 3 is 2.00 bits per heavy atom. The number of nitrogens with zero attached hydrogens (tertiary/aromatic N) is 1. The lowest BCUT2D eigenvalue weighted by Gasteiger charge is -2.54. The zero-order valence-corrected chi connectivity index (χ0v) is 15.3. The van der Waals surface area contributed by atoms with Gasteiger partial charge in [-0.2, -0.15) is 0 Å². The van der Waals surface area contributed by atoms with Crippen molar-refractivity contribution in [1.82, 2.24) is 4.57 Å². The molecular weight excluding hydrogens is 282 g/mol. The molecule has 3 nitrogen and oxygen atoms in total. The maximum absolute atomic E-state index is 12.5. The van der Waals surface area contributed by atoms with Gasteiger partial charge in [0.2, 0.25) is 5.91 Å². The molecule has 1 amide bonds. The Balaban J connectivity index is 2.32. The first kappa shape index (κ1) is 15.5. The highest BCUT2D eigenvalue weighted by Gasteiger charge is 2.54. The molecule has 2 rings (SSSR count). The van der Waals surface area contributed by atoms with Gasteiger partial charge in [0.25, 0.3) is 0 Å². The lowest BCUT2D eigenvalue weighted by atomic mass is 9.94. The first-order valence-corrected chi connectivity index (χ1v) is 14.0. The lowest BCUT2D eigenvalue weighted by molar-refractivity contribution is -0.155. The zero-order valence-electron chi connectivity index (χ0n) is 13.3. The van der Waals surface area contributed by atoms with E-state index in [4.69, 9.17) is 4.43 Å². The summed E-state index contributed by atoms with van der Waals surface area (Å²) >= 11 is 0. The van der Waals surface area contributed by atoms with Crippen LogP contribution < -0.4 is 0 Å². The molecule has 2 unspecified atom stereocenters. The third kappa shape index (κ3) is 3.05. The fourth-order valence-corrected chi connectivity index (χ4v) is 5.58. The first-order valence-electron chi connectivity index (χ1n) is 7.17. The summed E-state index contributed by atoms with van der Waals surface area (Å²) in [4.78, 5) is 12.5. The first-order chi connectivity index (χ1) is 9.11. The molecule has 1 heterocycles. The summed E-state index contributed by atoms with van der Waals surface area (Å²) in [5.41, 5.74) is 1.19. The van der Waals surface area contributed by atoms with E-state index in [2.05, 4.69) is 56.0 Å². The number of β-lactam (4-membered cyclic amide) rings is 1. The minimum atomic E-state index is -1.73. The van der Waals surface area contributed by atoms with Gasteiger partial charge in [0.05, 0.1) is 6.04 Å². The van der Waals surface area contributed by atoms with Crippen molar-refractivity contribution in [3.05, 3.63) is 35.9 Å². The zero-order chi connectivity index (χ0) is 15.1. The molecule has 1 aliphatic rings. The van der Waals surface area contributed by atoms with Gasteiger partial charge in [-0.1, -0.05) is 50.0 Å². The van der Waals surface area contributed by atoms with E-state index in [9.17, 15) is 4.79 Å². The maximum Gasteiger partial charge on any atom is 0.245 e. The molecule has 1 saturated heterocycles. The van der Waals surface area contributed by atoms with E-state index in [0.29, 0.717) is 0 Å². The van der Waals surface area contributed by atoms with Crippen LogP contribution in [0.4, 0.5) is 0 Å². The summed E-state index contributed by atoms with van der Waals surface area (Å²) in [6, 6.07) is 10.4. The number of hydrogen-bond donors (Lipinski definition) is 0. The van der Waals surface area contributed by atoms with Crippen molar-refractivity contribution < 1.29 is 9.22 Å². The minimum absolute atomic E-state index is 0.0992. The molecule has 0 aliphatic carbocycles. The van der Waals surface area contributed by atoms with E-state index < -0.39 is 16.6 Å². The smallest absolute Gasteiger partial charge is 0.245 e. The van der Waals surface area contributed by atoms with Crippen LogP contribution in [0.25, 0.3) is 0 Å². The van der Waals surface area contributed by atoms with E-state index in [1.165, 1.54) is 5.56 Å². The fourth-order valence-electron chi connectivity index (χ4n) is 2.68. The molecule has 1 aromatic rings. The average molecular weight is 308 g/mol. The SMILES string of the molecule is C[Si](C)(C)OC1C(=O)N([Si](C)(C)C)C1c1ccccc1. The molecule has 1 aromatic carbocycles. The molecule has 110 valence electrons. The van der Waals surface area contributed by atoms with Crippen molar-refractivity contribution in [2.24, 2.45) is 0 Å². The van der Waals surface area contributed by atoms with E-state index in [1.807, 2.05) is 18.2 Å². The van der Waals surface area contributed by atoms with Gasteiger partial charge in [-0.05, 0) is 25.2 Å². The summed E-state index contributed by atoms with van der Waals surface area (Å²) < 4.78 is 8.24. The Hall–Kier alpha value is -0.916. The van der Waals surface area contributed by atoms with Crippen LogP contribution in [0.1, 0.15) is 11.6 Å². The van der Waals surface area contributed by atoms with E-state index in [-0.39, 0.29) is 18.1 Å². The summed E-state index contributed by atoms with van der Waals surface area (Å²) in [6.07, 6.45) is -0.282. The van der Waals surface area contributed by atoms with Gasteiger partial charge < -0.3 is 8.99 Å². The van der Waals surface area contributed by atoms with Crippen molar-refractivity contribution in [2.75, 3.05) is 0 Å². The van der Waals surface area contributed by atoms with Gasteiger partial charge in [0.15, 0.2) is 16.6 Å². The van der Waals surface area contributed by atoms with Crippen molar-refractivity contribution in [3.8, 4) is 0 Å². The highest BCUT2D eigenvalue weighted by molar-refractivity contribution is 6.76. The van der Waals surface area contributed by atoms with Gasteiger partial charge in [0, 0.05) is 0 Å². The van der Waals surface area contributed by atoms with E-state index >= 15 is 0 Å². The van der Waals surface area contributed by atoms with Crippen LogP contribution in [-0.2, 0) is 9.22 Å². The number of amides is 1. The molecule has 20 heavy (non-hydrogen) atoms. The molecule has 0 radical (unpaired) electrons. The van der Waals surface area contributed by atoms with Crippen molar-refractivity contribution >= 4 is 22.5 Å². The van der Waals surface area contributed by atoms with Gasteiger partial charge >= 0.3 is 0 Å². The van der Waals surface area contributed by atoms with E-state index in [1.54, 1.807) is 0 Å². The number of carbonyl (C=O) groups excluding carboxylic acids is 1. The molecule has 0 saturated carbocycles. The lowest BCUT2D eigenvalue weighted by Crippen LogP contribution is -2.69. The van der Waals surface area contributed by atoms with Crippen LogP contribution >= 0.6 is 0 Å². The molecule has 0 bridgehead atoms. The van der Waals surface area contributed by atoms with Gasteiger partial charge in [0.1, 0.15) is 6.10 Å². The molecule has 1 aliphatic heterocycles. The monoisotopic (exact) mass is 307 g/mol. The predicted molar refractivity (Wildman–Crippen MR) is 87.6 cm³/mol. The van der Waals surface area contributed by atoms with Gasteiger partial charge in [-0.3, -0.25) is 4.79 Å². The maximum atomic E-state index is 12.5. The second kappa shape index (κ2) is 5.13. The fraction of sp³-hybridized carbons (Fsp3) is 0.533. The largest absolute Gasteiger partial charge is 0.404 e. The van der Waals surface area contributed by atoms with E-state index in [0.717, 1.165) is 0 Å². The number of benzene rings is 1. The van der Waals surface area contributed by atoms with Gasteiger partial charge in [-0.15, -0.1) is 0 Å². The molecular formula is C15H25NO2Si2. The predicted octanol–water partition coefficient (Wildman–Crippen LogP) is 3.62. The third-order valence-corrected chi connectivity index (χ3v) is 6.30. The molecule has 0 N–H and O–H groups in total. The normalized spacial score (nSPS) is 23.7. The van der Waals surface area contributed by atoms with Crippen LogP contribution in [0.2, 0.25) is 39.3 Å². The number of carbonyl (C=O) groups is 1. The topological polar surface area (TPSA) is 29.5 Å². The number of hydrogen-bond acceptors (Lipinski definition) is 2. The van der Waals surface area contributed by atoms with Crippen LogP contribution in [-0.4, -0.2) is 33.1 Å². The summed E-state index contributed by atoms with van der Waals surface area (Å²) in [7, 11) is -3.41. The second-order valence-electron chi connectivity index (χ2n) is 7.39. The third-order valence-electron chi connectivity index (χ3n) is 3.39. The highest BCUT2D eigenvalue weighted by atomic mass is 28.4. The van der Waals surface area contributed by atoms with Crippen LogP contribution in [0.3, 0.4) is 0 Å². The molecule has 1 fully saturated rings. The molecule has 0 aromatic heterocycles. The van der Waals surface area contributed by atoms with Gasteiger partial charge in [-0.25, -0.2) is 0 Å². The quantitative estimate of drug-likeness (QED) is 0.628. The van der Waals surface area contributed by atoms with Crippen LogP contribution in [0.5, 0.6) is 0 Å². The second-order valence-corrected chi connectivity index (χ2v) is 16.7. The Kier molecular flexibility index (Phi) is 3.97. The highest BCUT2D eigenvalue weighted by Crippen LogP contribution is 2.41. The average Bonchev–Trinajstić information content (AvgIpc) is 2.31. The van der Waals surface area contributed by atoms with Crippen molar-refractivity contribution in [1.29, 1.82) is 0 Å². The Bertz CT molecular complexity index is 491. The standard InChI is InChI=1S/C15H25NO2Si2/c1-19(2,3)16-13(12-10-8-7-9-11-12)14(15(16)17)18-20(4,5)6/h7-11,13-14H,1-6H3. The molecule has 5 heteroatoms. The van der Waals surface area contributed by atoms with Crippen molar-refractivity contribution in [2.45, 2.75) is 51.4 Å². The summed E-state index contributed by atoms with van der Waals surface area (Å²) in [6.45, 7) is 13.1. The summed E-state index contributed by atoms with van der Waals surface area (Å²) in [5.74, 6) is 0.181. The van der Waals surface area contributed by atoms with Crippen LogP contribution in [0, 0.1) is 0 Å². The molecule has 2 atom stereocenters. The Morgan fingerprint density at radius 2 is 1.55 bits per heavy atom. The Morgan fingerprint density at radius 1 is 1.00 bits per heavy atom. The van der Waals surface area contributed by atoms with Crippen LogP contribution in [0.15, 0.2) is 30.3 Å². The summed E-state index contributed by atoms with van der Waals surface area (Å²) in [5, 5.41) is 0. The molecule has 0 spiro atoms. The number of rotatable bonds is 4. The van der Waals surface area contributed by atoms with Crippen molar-refractivity contribution in [3.63, 3.8) is 0 Å². The minimum Gasteiger partial charge on any atom is -0.404 e. The Labute approximate surface area is 124 Å².